The molecule has 30 heavy (non-hydrogen) atoms. The molecule has 2 aliphatic rings. The Bertz CT molecular complexity index is 1060. The number of rotatable bonds is 5. The van der Waals surface area contributed by atoms with Crippen LogP contribution in [0, 0.1) is 5.92 Å². The molecular formula is C22H28N6O2. The van der Waals surface area contributed by atoms with Crippen LogP contribution in [0.5, 0.6) is 0 Å². The van der Waals surface area contributed by atoms with Gasteiger partial charge in [0.05, 0.1) is 17.5 Å². The summed E-state index contributed by atoms with van der Waals surface area (Å²) >= 11 is 0. The molecule has 158 valence electrons. The van der Waals surface area contributed by atoms with Crippen molar-refractivity contribution in [3.63, 3.8) is 0 Å². The van der Waals surface area contributed by atoms with Crippen molar-refractivity contribution in [3.8, 4) is 0 Å². The minimum atomic E-state index is -0.585. The molecule has 1 saturated heterocycles. The van der Waals surface area contributed by atoms with Gasteiger partial charge in [-0.25, -0.2) is 15.0 Å². The summed E-state index contributed by atoms with van der Waals surface area (Å²) in [6.07, 6.45) is 7.58. The Balaban J connectivity index is 1.36. The Morgan fingerprint density at radius 3 is 2.80 bits per heavy atom. The van der Waals surface area contributed by atoms with Gasteiger partial charge in [0.15, 0.2) is 5.79 Å². The van der Waals surface area contributed by atoms with Gasteiger partial charge in [0.1, 0.15) is 29.7 Å². The topological polar surface area (TPSA) is 114 Å². The third kappa shape index (κ3) is 3.40. The van der Waals surface area contributed by atoms with E-state index in [1.54, 1.807) is 0 Å². The smallest absolute Gasteiger partial charge is 0.163 e. The lowest BCUT2D eigenvalue weighted by molar-refractivity contribution is -0.160. The fraction of sp³-hybridized carbons (Fsp3) is 0.500. The van der Waals surface area contributed by atoms with Crippen LogP contribution in [-0.2, 0) is 15.9 Å². The summed E-state index contributed by atoms with van der Waals surface area (Å²) < 4.78 is 14.9. The van der Waals surface area contributed by atoms with E-state index in [0.29, 0.717) is 17.6 Å². The summed E-state index contributed by atoms with van der Waals surface area (Å²) in [7, 11) is 0. The fourth-order valence-electron chi connectivity index (χ4n) is 5.05. The average molecular weight is 409 g/mol. The van der Waals surface area contributed by atoms with Gasteiger partial charge in [0.2, 0.25) is 0 Å². The Labute approximate surface area is 175 Å². The number of anilines is 2. The molecule has 4 heterocycles. The van der Waals surface area contributed by atoms with Gasteiger partial charge in [-0.15, -0.1) is 0 Å². The second-order valence-corrected chi connectivity index (χ2v) is 8.79. The van der Waals surface area contributed by atoms with Crippen molar-refractivity contribution in [2.45, 2.75) is 63.6 Å². The number of nitrogen functional groups attached to an aromatic ring is 2. The highest BCUT2D eigenvalue weighted by molar-refractivity contribution is 5.86. The fourth-order valence-corrected chi connectivity index (χ4v) is 5.05. The predicted molar refractivity (Wildman–Crippen MR) is 114 cm³/mol. The molecule has 0 spiro atoms. The number of aryl methyl sites for hydroxylation is 1. The molecule has 4 atom stereocenters. The summed E-state index contributed by atoms with van der Waals surface area (Å²) in [5, 5.41) is 0.878. The molecular weight excluding hydrogens is 380 g/mol. The van der Waals surface area contributed by atoms with Crippen molar-refractivity contribution in [2.75, 3.05) is 11.5 Å². The molecule has 2 fully saturated rings. The standard InChI is InChI=1S/C22H28N6O2/c1-22(2)29-18-13(5-3-6-14-7-4-8-17(23)27-14)11-16(19(18)30-22)28-10-9-15-20(24)25-12-26-21(15)28/h4,7-10,12-13,16,18-19H,3,5-6,11H2,1-2H3,(H2,23,27)(H2,24,25,26)/t13-,16+,18+,19-/m0/s1. The second kappa shape index (κ2) is 7.21. The Morgan fingerprint density at radius 1 is 1.13 bits per heavy atom. The molecule has 0 unspecified atom stereocenters. The molecule has 1 aliphatic heterocycles. The number of ether oxygens (including phenoxy) is 2. The molecule has 0 aromatic carbocycles. The van der Waals surface area contributed by atoms with Crippen LogP contribution in [0.15, 0.2) is 36.8 Å². The van der Waals surface area contributed by atoms with Crippen LogP contribution >= 0.6 is 0 Å². The number of nitrogens with zero attached hydrogens (tertiary/aromatic N) is 4. The van der Waals surface area contributed by atoms with Crippen LogP contribution in [0.1, 0.15) is 44.8 Å². The van der Waals surface area contributed by atoms with Gasteiger partial charge in [-0.05, 0) is 63.6 Å². The minimum Gasteiger partial charge on any atom is -0.384 e. The summed E-state index contributed by atoms with van der Waals surface area (Å²) in [4.78, 5) is 13.0. The van der Waals surface area contributed by atoms with Crippen LogP contribution in [-0.4, -0.2) is 37.5 Å². The van der Waals surface area contributed by atoms with E-state index >= 15 is 0 Å². The van der Waals surface area contributed by atoms with Crippen molar-refractivity contribution in [2.24, 2.45) is 5.92 Å². The molecule has 8 nitrogen and oxygen atoms in total. The van der Waals surface area contributed by atoms with Gasteiger partial charge in [-0.2, -0.15) is 0 Å². The summed E-state index contributed by atoms with van der Waals surface area (Å²) in [5.74, 6) is 0.893. The van der Waals surface area contributed by atoms with Crippen LogP contribution in [0.25, 0.3) is 11.0 Å². The lowest BCUT2D eigenvalue weighted by Gasteiger charge is -2.24. The number of nitrogens with two attached hydrogens (primary N) is 2. The normalized spacial score (nSPS) is 27.5. The monoisotopic (exact) mass is 408 g/mol. The third-order valence-electron chi connectivity index (χ3n) is 6.29. The van der Waals surface area contributed by atoms with Crippen LogP contribution in [0.3, 0.4) is 0 Å². The maximum atomic E-state index is 6.35. The van der Waals surface area contributed by atoms with E-state index < -0.39 is 5.79 Å². The first-order chi connectivity index (χ1) is 14.4. The molecule has 5 rings (SSSR count). The zero-order chi connectivity index (χ0) is 20.9. The van der Waals surface area contributed by atoms with Gasteiger partial charge < -0.3 is 25.5 Å². The largest absolute Gasteiger partial charge is 0.384 e. The van der Waals surface area contributed by atoms with E-state index in [0.717, 1.165) is 42.4 Å². The average Bonchev–Trinajstić information content (AvgIpc) is 3.34. The van der Waals surface area contributed by atoms with Gasteiger partial charge in [0, 0.05) is 11.9 Å². The number of fused-ring (bicyclic) bond motifs is 2. The highest BCUT2D eigenvalue weighted by Gasteiger charge is 2.54. The first-order valence-corrected chi connectivity index (χ1v) is 10.6. The molecule has 1 aliphatic carbocycles. The van der Waals surface area contributed by atoms with E-state index in [4.69, 9.17) is 20.9 Å². The summed E-state index contributed by atoms with van der Waals surface area (Å²) in [6, 6.07) is 7.95. The first-order valence-electron chi connectivity index (χ1n) is 10.6. The SMILES string of the molecule is CC1(C)O[C@@H]2[C@@H](CCCc3cccc(N)n3)C[C@@H](n3ccc4c(N)ncnc43)[C@@H]2O1. The zero-order valence-electron chi connectivity index (χ0n) is 17.4. The van der Waals surface area contributed by atoms with E-state index in [1.807, 2.05) is 44.3 Å². The van der Waals surface area contributed by atoms with Gasteiger partial charge in [-0.3, -0.25) is 0 Å². The Kier molecular flexibility index (Phi) is 4.63. The number of hydrogen-bond donors (Lipinski definition) is 2. The highest BCUT2D eigenvalue weighted by Crippen LogP contribution is 2.49. The summed E-state index contributed by atoms with van der Waals surface area (Å²) in [6.45, 7) is 3.98. The number of hydrogen-bond acceptors (Lipinski definition) is 7. The van der Waals surface area contributed by atoms with E-state index in [9.17, 15) is 0 Å². The van der Waals surface area contributed by atoms with Crippen molar-refractivity contribution in [1.29, 1.82) is 0 Å². The third-order valence-corrected chi connectivity index (χ3v) is 6.29. The summed E-state index contributed by atoms with van der Waals surface area (Å²) in [5.41, 5.74) is 13.7. The Morgan fingerprint density at radius 2 is 1.97 bits per heavy atom. The van der Waals surface area contributed by atoms with Crippen LogP contribution in [0.4, 0.5) is 11.6 Å². The molecule has 1 saturated carbocycles. The Hall–Kier alpha value is -2.71. The molecule has 0 amide bonds. The van der Waals surface area contributed by atoms with Crippen LogP contribution < -0.4 is 11.5 Å². The minimum absolute atomic E-state index is 0.0118. The highest BCUT2D eigenvalue weighted by atomic mass is 16.8. The first kappa shape index (κ1) is 19.3. The molecule has 8 heteroatoms. The number of aromatic nitrogens is 4. The number of pyridine rings is 1. The van der Waals surface area contributed by atoms with Gasteiger partial charge >= 0.3 is 0 Å². The molecule has 0 radical (unpaired) electrons. The molecule has 4 N–H and O–H groups in total. The van der Waals surface area contributed by atoms with Crippen molar-refractivity contribution in [1.82, 2.24) is 19.5 Å². The van der Waals surface area contributed by atoms with Crippen molar-refractivity contribution < 1.29 is 9.47 Å². The second-order valence-electron chi connectivity index (χ2n) is 8.79. The zero-order valence-corrected chi connectivity index (χ0v) is 17.4. The predicted octanol–water partition coefficient (Wildman–Crippen LogP) is 3.09. The van der Waals surface area contributed by atoms with Crippen LogP contribution in [0.2, 0.25) is 0 Å². The lowest BCUT2D eigenvalue weighted by atomic mass is 9.97. The van der Waals surface area contributed by atoms with E-state index in [-0.39, 0.29) is 18.2 Å². The van der Waals surface area contributed by atoms with Crippen molar-refractivity contribution in [3.05, 3.63) is 42.5 Å². The quantitative estimate of drug-likeness (QED) is 0.667. The maximum Gasteiger partial charge on any atom is 0.163 e. The van der Waals surface area contributed by atoms with Gasteiger partial charge in [0.25, 0.3) is 0 Å². The molecule has 3 aromatic heterocycles. The maximum absolute atomic E-state index is 6.35. The van der Waals surface area contributed by atoms with Crippen molar-refractivity contribution >= 4 is 22.7 Å². The van der Waals surface area contributed by atoms with E-state index in [2.05, 4.69) is 19.5 Å². The lowest BCUT2D eigenvalue weighted by Crippen LogP contribution is -2.27. The van der Waals surface area contributed by atoms with E-state index in [1.165, 1.54) is 6.33 Å². The molecule has 3 aromatic rings. The molecule has 0 bridgehead atoms. The van der Waals surface area contributed by atoms with Gasteiger partial charge in [-0.1, -0.05) is 6.07 Å².